The number of hydrogen-bond donors (Lipinski definition) is 1. The molecule has 9 nitrogen and oxygen atoms in total. The summed E-state index contributed by atoms with van der Waals surface area (Å²) in [6.07, 6.45) is -1.85. The maximum absolute atomic E-state index is 12.9. The Balaban J connectivity index is 0.000000383. The fraction of sp³-hybridized carbons (Fsp3) is 0.474. The molecule has 4 heterocycles. The zero-order chi connectivity index (χ0) is 24.6. The van der Waals surface area contributed by atoms with Crippen LogP contribution in [-0.4, -0.2) is 75.6 Å². The highest BCUT2D eigenvalue weighted by Crippen LogP contribution is 2.35. The van der Waals surface area contributed by atoms with E-state index in [1.807, 2.05) is 19.2 Å². The highest BCUT2D eigenvalue weighted by Gasteiger charge is 2.52. The number of carbonyl (C=O) groups is 2. The quantitative estimate of drug-likeness (QED) is 0.677. The van der Waals surface area contributed by atoms with Crippen molar-refractivity contribution >= 4 is 33.2 Å². The number of pyridine rings is 1. The van der Waals surface area contributed by atoms with Gasteiger partial charge in [-0.15, -0.1) is 11.3 Å². The Kier molecular flexibility index (Phi) is 7.10. The molecule has 1 amide bonds. The van der Waals surface area contributed by atoms with Crippen LogP contribution in [0.1, 0.15) is 26.6 Å². The molecule has 4 rings (SSSR count). The zero-order valence-electron chi connectivity index (χ0n) is 17.6. The van der Waals surface area contributed by atoms with Gasteiger partial charge in [-0.3, -0.25) is 9.78 Å². The third kappa shape index (κ3) is 5.68. The molecule has 0 radical (unpaired) electrons. The number of halogens is 3. The second-order valence-corrected chi connectivity index (χ2v) is 11.0. The van der Waals surface area contributed by atoms with Crippen molar-refractivity contribution in [3.05, 3.63) is 45.7 Å². The van der Waals surface area contributed by atoms with Crippen molar-refractivity contribution in [2.75, 3.05) is 19.6 Å². The van der Waals surface area contributed by atoms with Gasteiger partial charge in [0.25, 0.3) is 5.91 Å². The molecule has 0 saturated carbocycles. The molecule has 33 heavy (non-hydrogen) atoms. The van der Waals surface area contributed by atoms with Crippen LogP contribution in [0.3, 0.4) is 0 Å². The third-order valence-corrected chi connectivity index (χ3v) is 8.34. The molecule has 2 unspecified atom stereocenters. The van der Waals surface area contributed by atoms with Gasteiger partial charge < -0.3 is 10.0 Å². The van der Waals surface area contributed by atoms with E-state index in [1.165, 1.54) is 21.8 Å². The van der Waals surface area contributed by atoms with Gasteiger partial charge in [0.05, 0.1) is 28.1 Å². The number of likely N-dealkylation sites (tertiary alicyclic amines) is 1. The fourth-order valence-corrected chi connectivity index (χ4v) is 6.47. The molecule has 14 heteroatoms. The highest BCUT2D eigenvalue weighted by molar-refractivity contribution is 7.90. The average molecular weight is 507 g/mol. The van der Waals surface area contributed by atoms with Crippen molar-refractivity contribution in [2.45, 2.75) is 31.8 Å². The number of carboxylic acids is 1. The molecule has 0 bridgehead atoms. The van der Waals surface area contributed by atoms with Crippen LogP contribution in [0.2, 0.25) is 0 Å². The number of sulfonamides is 1. The van der Waals surface area contributed by atoms with Gasteiger partial charge in [0, 0.05) is 43.3 Å². The van der Waals surface area contributed by atoms with Crippen LogP contribution in [0.25, 0.3) is 0 Å². The van der Waals surface area contributed by atoms with Gasteiger partial charge in [0.2, 0.25) is 10.0 Å². The first-order valence-electron chi connectivity index (χ1n) is 9.70. The van der Waals surface area contributed by atoms with Crippen LogP contribution in [0.15, 0.2) is 23.8 Å². The van der Waals surface area contributed by atoms with Gasteiger partial charge >= 0.3 is 12.1 Å². The Hall–Kier alpha value is -2.58. The lowest BCUT2D eigenvalue weighted by Gasteiger charge is -2.21. The number of alkyl halides is 3. The molecular formula is C19H21F3N4O5S2. The lowest BCUT2D eigenvalue weighted by molar-refractivity contribution is -0.192. The molecule has 1 N–H and O–H groups in total. The van der Waals surface area contributed by atoms with Crippen molar-refractivity contribution in [3.8, 4) is 0 Å². The van der Waals surface area contributed by atoms with E-state index in [4.69, 9.17) is 9.90 Å². The first-order valence-corrected chi connectivity index (χ1v) is 12.1. The number of nitrogens with zero attached hydrogens (tertiary/aromatic N) is 4. The van der Waals surface area contributed by atoms with Gasteiger partial charge in [-0.25, -0.2) is 18.2 Å². The van der Waals surface area contributed by atoms with E-state index < -0.39 is 27.4 Å². The van der Waals surface area contributed by atoms with E-state index in [9.17, 15) is 26.4 Å². The molecule has 2 atom stereocenters. The maximum atomic E-state index is 12.9. The molecular weight excluding hydrogens is 485 g/mol. The Morgan fingerprint density at radius 3 is 2.39 bits per heavy atom. The Morgan fingerprint density at radius 2 is 1.88 bits per heavy atom. The van der Waals surface area contributed by atoms with Crippen LogP contribution in [-0.2, 0) is 21.4 Å². The molecule has 180 valence electrons. The number of rotatable bonds is 3. The minimum absolute atomic E-state index is 0.0542. The number of thiazole rings is 1. The first-order chi connectivity index (χ1) is 15.3. The van der Waals surface area contributed by atoms with E-state index in [-0.39, 0.29) is 18.4 Å². The number of amides is 1. The molecule has 2 fully saturated rings. The molecule has 2 aromatic rings. The van der Waals surface area contributed by atoms with E-state index in [0.29, 0.717) is 25.2 Å². The SMILES string of the molecule is Cc1cncc(C(=O)N2CC3CN(Cc4csc(C)n4)S(=O)(=O)C3C2)c1.O=C(O)C(F)(F)F. The second-order valence-electron chi connectivity index (χ2n) is 7.76. The topological polar surface area (TPSA) is 121 Å². The number of aryl methyl sites for hydroxylation is 2. The van der Waals surface area contributed by atoms with Gasteiger partial charge in [-0.05, 0) is 25.5 Å². The highest BCUT2D eigenvalue weighted by atomic mass is 32.2. The van der Waals surface area contributed by atoms with Crippen LogP contribution >= 0.6 is 11.3 Å². The summed E-state index contributed by atoms with van der Waals surface area (Å²) >= 11 is 1.52. The average Bonchev–Trinajstić information content (AvgIpc) is 3.38. The summed E-state index contributed by atoms with van der Waals surface area (Å²) in [7, 11) is -3.42. The Morgan fingerprint density at radius 1 is 1.21 bits per heavy atom. The first kappa shape index (κ1) is 25.1. The molecule has 0 spiro atoms. The summed E-state index contributed by atoms with van der Waals surface area (Å²) < 4.78 is 59.0. The van der Waals surface area contributed by atoms with E-state index >= 15 is 0 Å². The van der Waals surface area contributed by atoms with Gasteiger partial charge in [-0.2, -0.15) is 17.5 Å². The van der Waals surface area contributed by atoms with Gasteiger partial charge in [0.15, 0.2) is 0 Å². The maximum Gasteiger partial charge on any atom is 0.490 e. The Bertz CT molecular complexity index is 1150. The number of aromatic nitrogens is 2. The summed E-state index contributed by atoms with van der Waals surface area (Å²) in [6.45, 7) is 5.25. The predicted octanol–water partition coefficient (Wildman–Crippen LogP) is 2.07. The molecule has 2 aliphatic heterocycles. The van der Waals surface area contributed by atoms with Crippen LogP contribution < -0.4 is 0 Å². The van der Waals surface area contributed by atoms with E-state index in [0.717, 1.165) is 16.3 Å². The number of aliphatic carboxylic acids is 1. The van der Waals surface area contributed by atoms with E-state index in [2.05, 4.69) is 9.97 Å². The molecule has 0 aromatic carbocycles. The van der Waals surface area contributed by atoms with Crippen LogP contribution in [0.4, 0.5) is 13.2 Å². The van der Waals surface area contributed by atoms with E-state index in [1.54, 1.807) is 17.2 Å². The Labute approximate surface area is 191 Å². The summed E-state index contributed by atoms with van der Waals surface area (Å²) in [5.74, 6) is -2.96. The standard InChI is InChI=1S/C17H20N4O3S2.C2HF3O2/c1-11-3-13(5-18-4-11)17(22)20-6-14-7-21(26(23,24)16(14)9-20)8-15-10-25-12(2)19-15;3-2(4,5)1(6)7/h3-5,10,14,16H,6-9H2,1-2H3;(H,6,7). The summed E-state index contributed by atoms with van der Waals surface area (Å²) in [6, 6.07) is 1.79. The number of hydrogen-bond acceptors (Lipinski definition) is 7. The summed E-state index contributed by atoms with van der Waals surface area (Å²) in [5.41, 5.74) is 2.21. The van der Waals surface area contributed by atoms with Crippen molar-refractivity contribution in [3.63, 3.8) is 0 Å². The van der Waals surface area contributed by atoms with Crippen LogP contribution in [0, 0.1) is 19.8 Å². The van der Waals surface area contributed by atoms with Crippen molar-refractivity contribution in [1.82, 2.24) is 19.2 Å². The molecule has 2 saturated heterocycles. The monoisotopic (exact) mass is 506 g/mol. The smallest absolute Gasteiger partial charge is 0.475 e. The lowest BCUT2D eigenvalue weighted by atomic mass is 10.1. The second kappa shape index (κ2) is 9.35. The van der Waals surface area contributed by atoms with Crippen molar-refractivity contribution in [2.24, 2.45) is 5.92 Å². The minimum atomic E-state index is -5.08. The summed E-state index contributed by atoms with van der Waals surface area (Å²) in [4.78, 5) is 31.7. The minimum Gasteiger partial charge on any atom is -0.475 e. The van der Waals surface area contributed by atoms with Crippen molar-refractivity contribution in [1.29, 1.82) is 0 Å². The number of carboxylic acid groups (broad SMARTS) is 1. The molecule has 0 aliphatic carbocycles. The molecule has 2 aliphatic rings. The predicted molar refractivity (Wildman–Crippen MR) is 112 cm³/mol. The lowest BCUT2D eigenvalue weighted by Crippen LogP contribution is -2.36. The van der Waals surface area contributed by atoms with Gasteiger partial charge in [0.1, 0.15) is 0 Å². The fourth-order valence-electron chi connectivity index (χ4n) is 3.75. The molecule has 2 aromatic heterocycles. The normalized spacial score (nSPS) is 21.9. The van der Waals surface area contributed by atoms with Gasteiger partial charge in [-0.1, -0.05) is 0 Å². The van der Waals surface area contributed by atoms with Crippen LogP contribution in [0.5, 0.6) is 0 Å². The number of fused-ring (bicyclic) bond motifs is 1. The zero-order valence-corrected chi connectivity index (χ0v) is 19.2. The summed E-state index contributed by atoms with van der Waals surface area (Å²) in [5, 5.41) is 9.43. The number of carbonyl (C=O) groups excluding carboxylic acids is 1. The largest absolute Gasteiger partial charge is 0.490 e. The van der Waals surface area contributed by atoms with Crippen molar-refractivity contribution < 1.29 is 36.3 Å². The third-order valence-electron chi connectivity index (χ3n) is 5.22.